The van der Waals surface area contributed by atoms with Gasteiger partial charge < -0.3 is 10.1 Å². The van der Waals surface area contributed by atoms with Gasteiger partial charge in [-0.2, -0.15) is 0 Å². The summed E-state index contributed by atoms with van der Waals surface area (Å²) in [6.07, 6.45) is 1.84. The van der Waals surface area contributed by atoms with Crippen molar-refractivity contribution < 1.29 is 14.3 Å². The summed E-state index contributed by atoms with van der Waals surface area (Å²) >= 11 is 0. The third kappa shape index (κ3) is 2.54. The van der Waals surface area contributed by atoms with Gasteiger partial charge in [0.05, 0.1) is 12.6 Å². The number of esters is 1. The quantitative estimate of drug-likeness (QED) is 0.529. The summed E-state index contributed by atoms with van der Waals surface area (Å²) in [7, 11) is 0. The largest absolute Gasteiger partial charge is 0.465 e. The smallest absolute Gasteiger partial charge is 0.316 e. The molecule has 1 saturated heterocycles. The van der Waals surface area contributed by atoms with Crippen molar-refractivity contribution in [1.82, 2.24) is 5.32 Å². The third-order valence-electron chi connectivity index (χ3n) is 2.47. The second-order valence-corrected chi connectivity index (χ2v) is 3.53. The number of ketones is 1. The Labute approximate surface area is 84.0 Å². The molecule has 2 unspecified atom stereocenters. The average molecular weight is 199 g/mol. The molecule has 1 heterocycles. The minimum atomic E-state index is -0.634. The summed E-state index contributed by atoms with van der Waals surface area (Å²) in [5.74, 6) is -1.09. The Morgan fingerprint density at radius 2 is 2.29 bits per heavy atom. The molecule has 4 nitrogen and oxygen atoms in total. The van der Waals surface area contributed by atoms with Crippen molar-refractivity contribution in [2.45, 2.75) is 32.7 Å². The summed E-state index contributed by atoms with van der Waals surface area (Å²) in [6.45, 7) is 4.55. The Kier molecular flexibility index (Phi) is 4.07. The van der Waals surface area contributed by atoms with Gasteiger partial charge in [0, 0.05) is 0 Å². The van der Waals surface area contributed by atoms with Crippen LogP contribution in [0.2, 0.25) is 0 Å². The lowest BCUT2D eigenvalue weighted by atomic mass is 9.99. The number of nitrogens with one attached hydrogen (secondary N) is 1. The Morgan fingerprint density at radius 3 is 2.79 bits per heavy atom. The second kappa shape index (κ2) is 5.10. The normalized spacial score (nSPS) is 23.1. The second-order valence-electron chi connectivity index (χ2n) is 3.53. The number of hydrogen-bond donors (Lipinski definition) is 1. The summed E-state index contributed by atoms with van der Waals surface area (Å²) in [5, 5.41) is 3.08. The Bertz CT molecular complexity index is 221. The van der Waals surface area contributed by atoms with Gasteiger partial charge in [-0.15, -0.1) is 0 Å². The van der Waals surface area contributed by atoms with E-state index in [2.05, 4.69) is 5.32 Å². The molecular weight excluding hydrogens is 182 g/mol. The highest BCUT2D eigenvalue weighted by Crippen LogP contribution is 2.12. The molecule has 14 heavy (non-hydrogen) atoms. The minimum Gasteiger partial charge on any atom is -0.465 e. The molecule has 1 fully saturated rings. The van der Waals surface area contributed by atoms with Crippen molar-refractivity contribution in [3.63, 3.8) is 0 Å². The molecule has 1 aliphatic heterocycles. The first kappa shape index (κ1) is 11.2. The number of carbonyl (C=O) groups excluding carboxylic acids is 2. The Hall–Kier alpha value is -0.900. The van der Waals surface area contributed by atoms with E-state index in [9.17, 15) is 9.59 Å². The minimum absolute atomic E-state index is 0.0408. The molecule has 0 saturated carbocycles. The fourth-order valence-corrected chi connectivity index (χ4v) is 1.61. The predicted molar refractivity (Wildman–Crippen MR) is 51.8 cm³/mol. The van der Waals surface area contributed by atoms with E-state index in [1.807, 2.05) is 0 Å². The molecule has 1 aliphatic rings. The van der Waals surface area contributed by atoms with Crippen molar-refractivity contribution in [2.24, 2.45) is 5.92 Å². The third-order valence-corrected chi connectivity index (χ3v) is 2.47. The van der Waals surface area contributed by atoms with Gasteiger partial charge in [0.15, 0.2) is 5.78 Å². The maximum Gasteiger partial charge on any atom is 0.316 e. The summed E-state index contributed by atoms with van der Waals surface area (Å²) in [6, 6.07) is -0.144. The number of hydrogen-bond acceptors (Lipinski definition) is 4. The Morgan fingerprint density at radius 1 is 1.57 bits per heavy atom. The van der Waals surface area contributed by atoms with Crippen LogP contribution >= 0.6 is 0 Å². The highest BCUT2D eigenvalue weighted by Gasteiger charge is 2.31. The van der Waals surface area contributed by atoms with Crippen molar-refractivity contribution in [2.75, 3.05) is 13.2 Å². The molecule has 1 N–H and O–H groups in total. The molecule has 1 rings (SSSR count). The van der Waals surface area contributed by atoms with Gasteiger partial charge >= 0.3 is 5.97 Å². The van der Waals surface area contributed by atoms with Crippen LogP contribution in [-0.4, -0.2) is 30.9 Å². The van der Waals surface area contributed by atoms with Crippen LogP contribution in [-0.2, 0) is 14.3 Å². The standard InChI is InChI=1S/C10H17NO3/c1-3-14-10(13)7(2)9(12)8-5-4-6-11-8/h7-8,11H,3-6H2,1-2H3. The van der Waals surface area contributed by atoms with E-state index in [4.69, 9.17) is 4.74 Å². The van der Waals surface area contributed by atoms with Gasteiger partial charge in [-0.1, -0.05) is 0 Å². The number of carbonyl (C=O) groups is 2. The SMILES string of the molecule is CCOC(=O)C(C)C(=O)C1CCCN1. The van der Waals surface area contributed by atoms with Crippen LogP contribution in [0.5, 0.6) is 0 Å². The van der Waals surface area contributed by atoms with Gasteiger partial charge in [-0.3, -0.25) is 9.59 Å². The molecular formula is C10H17NO3. The van der Waals surface area contributed by atoms with Crippen LogP contribution in [0.15, 0.2) is 0 Å². The zero-order valence-corrected chi connectivity index (χ0v) is 8.71. The van der Waals surface area contributed by atoms with E-state index in [-0.39, 0.29) is 11.8 Å². The van der Waals surface area contributed by atoms with Gasteiger partial charge in [0.2, 0.25) is 0 Å². The van der Waals surface area contributed by atoms with Crippen LogP contribution in [0.1, 0.15) is 26.7 Å². The molecule has 0 aliphatic carbocycles. The van der Waals surface area contributed by atoms with Crippen LogP contribution in [0.4, 0.5) is 0 Å². The topological polar surface area (TPSA) is 55.4 Å². The molecule has 0 radical (unpaired) electrons. The molecule has 0 aromatic rings. The fourth-order valence-electron chi connectivity index (χ4n) is 1.61. The number of rotatable bonds is 4. The molecule has 0 spiro atoms. The van der Waals surface area contributed by atoms with Crippen molar-refractivity contribution >= 4 is 11.8 Å². The van der Waals surface area contributed by atoms with E-state index in [1.54, 1.807) is 13.8 Å². The van der Waals surface area contributed by atoms with Gasteiger partial charge in [-0.25, -0.2) is 0 Å². The maximum absolute atomic E-state index is 11.7. The zero-order chi connectivity index (χ0) is 10.6. The first-order chi connectivity index (χ1) is 6.66. The number of ether oxygens (including phenoxy) is 1. The van der Waals surface area contributed by atoms with E-state index >= 15 is 0 Å². The van der Waals surface area contributed by atoms with Gasteiger partial charge in [0.25, 0.3) is 0 Å². The molecule has 0 amide bonds. The molecule has 0 aromatic carbocycles. The van der Waals surface area contributed by atoms with Crippen molar-refractivity contribution in [3.05, 3.63) is 0 Å². The van der Waals surface area contributed by atoms with Crippen LogP contribution < -0.4 is 5.32 Å². The van der Waals surface area contributed by atoms with Gasteiger partial charge in [0.1, 0.15) is 5.92 Å². The molecule has 4 heteroatoms. The molecule has 80 valence electrons. The molecule has 0 bridgehead atoms. The first-order valence-corrected chi connectivity index (χ1v) is 5.10. The molecule has 2 atom stereocenters. The fraction of sp³-hybridized carbons (Fsp3) is 0.800. The van der Waals surface area contributed by atoms with E-state index in [0.29, 0.717) is 6.61 Å². The van der Waals surface area contributed by atoms with Crippen LogP contribution in [0.25, 0.3) is 0 Å². The monoisotopic (exact) mass is 199 g/mol. The lowest BCUT2D eigenvalue weighted by Crippen LogP contribution is -2.38. The van der Waals surface area contributed by atoms with Crippen LogP contribution in [0, 0.1) is 5.92 Å². The maximum atomic E-state index is 11.7. The highest BCUT2D eigenvalue weighted by atomic mass is 16.5. The zero-order valence-electron chi connectivity index (χ0n) is 8.71. The van der Waals surface area contributed by atoms with E-state index < -0.39 is 11.9 Å². The predicted octanol–water partition coefficient (Wildman–Crippen LogP) is 0.507. The average Bonchev–Trinajstić information content (AvgIpc) is 2.68. The first-order valence-electron chi connectivity index (χ1n) is 5.10. The highest BCUT2D eigenvalue weighted by molar-refractivity contribution is 6.01. The van der Waals surface area contributed by atoms with Gasteiger partial charge in [-0.05, 0) is 33.2 Å². The number of Topliss-reactive ketones (excluding diaryl/α,β-unsaturated/α-hetero) is 1. The Balaban J connectivity index is 2.46. The summed E-state index contributed by atoms with van der Waals surface area (Å²) < 4.78 is 4.80. The summed E-state index contributed by atoms with van der Waals surface area (Å²) in [5.41, 5.74) is 0. The van der Waals surface area contributed by atoms with Crippen LogP contribution in [0.3, 0.4) is 0 Å². The van der Waals surface area contributed by atoms with E-state index in [1.165, 1.54) is 0 Å². The van der Waals surface area contributed by atoms with E-state index in [0.717, 1.165) is 19.4 Å². The van der Waals surface area contributed by atoms with Crippen molar-refractivity contribution in [1.29, 1.82) is 0 Å². The lowest BCUT2D eigenvalue weighted by molar-refractivity contribution is -0.151. The lowest BCUT2D eigenvalue weighted by Gasteiger charge is -2.14. The molecule has 0 aromatic heterocycles. The van der Waals surface area contributed by atoms with Crippen molar-refractivity contribution in [3.8, 4) is 0 Å². The summed E-state index contributed by atoms with van der Waals surface area (Å²) in [4.78, 5) is 23.0.